The maximum atomic E-state index is 6.89. The van der Waals surface area contributed by atoms with E-state index in [9.17, 15) is 0 Å². The number of hydrogen-bond acceptors (Lipinski definition) is 6. The van der Waals surface area contributed by atoms with Gasteiger partial charge in [0.2, 0.25) is 0 Å². The van der Waals surface area contributed by atoms with Gasteiger partial charge in [0.15, 0.2) is 0 Å². The van der Waals surface area contributed by atoms with Gasteiger partial charge < -0.3 is 28.4 Å². The summed E-state index contributed by atoms with van der Waals surface area (Å²) in [6, 6.07) is 34.3. The van der Waals surface area contributed by atoms with Crippen LogP contribution in [0.15, 0.2) is 122 Å². The van der Waals surface area contributed by atoms with Crippen LogP contribution in [-0.2, 0) is 41.8 Å². The van der Waals surface area contributed by atoms with E-state index in [0.717, 1.165) is 125 Å². The molecule has 0 N–H and O–H groups in total. The predicted octanol–water partition coefficient (Wildman–Crippen LogP) is 10.0. The Hall–Kier alpha value is -5.12. The molecule has 2 unspecified atom stereocenters. The van der Waals surface area contributed by atoms with E-state index in [2.05, 4.69) is 156 Å². The molecule has 0 saturated carbocycles. The van der Waals surface area contributed by atoms with Crippen LogP contribution in [0.2, 0.25) is 0 Å². The van der Waals surface area contributed by atoms with Crippen LogP contribution in [0.3, 0.4) is 0 Å². The Kier molecular flexibility index (Phi) is 12.8. The quantitative estimate of drug-likeness (QED) is 0.136. The van der Waals surface area contributed by atoms with E-state index in [1.54, 1.807) is 0 Å². The van der Waals surface area contributed by atoms with Crippen LogP contribution in [0, 0.1) is 6.92 Å². The number of piperidine rings is 2. The van der Waals surface area contributed by atoms with E-state index >= 15 is 0 Å². The Balaban J connectivity index is 0.000000157. The van der Waals surface area contributed by atoms with Gasteiger partial charge in [-0.2, -0.15) is 0 Å². The highest BCUT2D eigenvalue weighted by Gasteiger charge is 2.33. The van der Waals surface area contributed by atoms with Gasteiger partial charge >= 0.3 is 0 Å². The average Bonchev–Trinajstić information content (AvgIpc) is 3.85. The lowest BCUT2D eigenvalue weighted by Crippen LogP contribution is -2.35. The molecule has 8 heteroatoms. The van der Waals surface area contributed by atoms with Crippen molar-refractivity contribution >= 4 is 0 Å². The zero-order valence-electron chi connectivity index (χ0n) is 36.4. The van der Waals surface area contributed by atoms with Crippen molar-refractivity contribution < 1.29 is 9.47 Å². The molecule has 2 atom stereocenters. The number of fused-ring (bicyclic) bond motifs is 4. The molecule has 0 spiro atoms. The highest BCUT2D eigenvalue weighted by Crippen LogP contribution is 2.39. The summed E-state index contributed by atoms with van der Waals surface area (Å²) in [6.45, 7) is 12.4. The first-order valence-corrected chi connectivity index (χ1v) is 22.6. The number of rotatable bonds is 9. The van der Waals surface area contributed by atoms with Gasteiger partial charge in [0, 0.05) is 62.8 Å². The van der Waals surface area contributed by atoms with Crippen molar-refractivity contribution in [2.24, 2.45) is 0 Å². The van der Waals surface area contributed by atoms with E-state index < -0.39 is 0 Å². The number of hydrogen-bond donors (Lipinski definition) is 0. The Morgan fingerprint density at radius 1 is 0.590 bits per heavy atom. The molecule has 2 fully saturated rings. The summed E-state index contributed by atoms with van der Waals surface area (Å²) in [5.74, 6) is 2.09. The van der Waals surface area contributed by atoms with Gasteiger partial charge in [-0.25, -0.2) is 9.97 Å². The van der Waals surface area contributed by atoms with E-state index in [1.807, 2.05) is 6.08 Å². The van der Waals surface area contributed by atoms with Gasteiger partial charge in [-0.15, -0.1) is 6.58 Å². The standard InChI is InChI=1S/C28H33N3O.C25H29N3O/c1-3-4-9-21-12-8-13-25-24(21)16-19-31-20-26(22-10-6-5-7-11-22)29-28(31)27(25)32-23-14-17-30(2)18-15-23;1-18-7-6-10-22-21(18)13-16-28-17-23(19-8-4-3-5-9-19)26-25(28)24(22)29-20-11-14-27(2)15-12-20/h3,5-8,10-13,20,23,27H,1,4,9,14-19H2,2H3;3-10,17,20,24H,11-16H2,1-2H3. The molecule has 316 valence electrons. The smallest absolute Gasteiger partial charge is 0.143 e. The first kappa shape index (κ1) is 41.2. The van der Waals surface area contributed by atoms with E-state index in [4.69, 9.17) is 19.4 Å². The highest BCUT2D eigenvalue weighted by molar-refractivity contribution is 5.60. The lowest BCUT2D eigenvalue weighted by molar-refractivity contribution is -0.0276. The van der Waals surface area contributed by atoms with Crippen molar-refractivity contribution in [3.63, 3.8) is 0 Å². The molecule has 4 aliphatic heterocycles. The first-order chi connectivity index (χ1) is 29.9. The Bertz CT molecular complexity index is 2390. The third-order valence-corrected chi connectivity index (χ3v) is 13.4. The highest BCUT2D eigenvalue weighted by atomic mass is 16.5. The molecule has 6 aromatic rings. The summed E-state index contributed by atoms with van der Waals surface area (Å²) < 4.78 is 18.4. The summed E-state index contributed by atoms with van der Waals surface area (Å²) in [7, 11) is 4.39. The molecular formula is C53H62N6O2. The van der Waals surface area contributed by atoms with Gasteiger partial charge in [-0.1, -0.05) is 103 Å². The fourth-order valence-electron chi connectivity index (χ4n) is 9.78. The SMILES string of the molecule is C=CCCc1cccc2c1CCn1cc(-c3ccccc3)nc1C2OC1CCN(C)CC1.Cc1cccc2c1CCn1cc(-c3ccccc3)nc1C2OC1CCN(C)CC1. The van der Waals surface area contributed by atoms with Gasteiger partial charge in [0.25, 0.3) is 0 Å². The van der Waals surface area contributed by atoms with Crippen LogP contribution in [-0.4, -0.2) is 81.4 Å². The zero-order chi connectivity index (χ0) is 41.7. The number of nitrogens with zero attached hydrogens (tertiary/aromatic N) is 6. The van der Waals surface area contributed by atoms with Crippen molar-refractivity contribution in [3.8, 4) is 22.5 Å². The number of aryl methyl sites for hydroxylation is 4. The summed E-state index contributed by atoms with van der Waals surface area (Å²) in [5, 5.41) is 0. The van der Waals surface area contributed by atoms with Gasteiger partial charge in [-0.05, 0) is 106 Å². The van der Waals surface area contributed by atoms with Crippen molar-refractivity contribution in [2.45, 2.75) is 95.8 Å². The number of allylic oxidation sites excluding steroid dienone is 1. The Morgan fingerprint density at radius 2 is 1.07 bits per heavy atom. The second-order valence-electron chi connectivity index (χ2n) is 17.6. The Labute approximate surface area is 362 Å². The minimum atomic E-state index is -0.123. The van der Waals surface area contributed by atoms with Gasteiger partial charge in [0.05, 0.1) is 23.6 Å². The van der Waals surface area contributed by atoms with Crippen molar-refractivity contribution in [1.82, 2.24) is 28.9 Å². The largest absolute Gasteiger partial charge is 0.362 e. The normalized spacial score (nSPS) is 19.7. The van der Waals surface area contributed by atoms with Crippen LogP contribution in [0.5, 0.6) is 0 Å². The van der Waals surface area contributed by atoms with Gasteiger partial charge in [0.1, 0.15) is 23.9 Å². The second kappa shape index (κ2) is 18.9. The van der Waals surface area contributed by atoms with Crippen LogP contribution in [0.25, 0.3) is 22.5 Å². The van der Waals surface area contributed by atoms with Crippen LogP contribution < -0.4 is 0 Å². The summed E-state index contributed by atoms with van der Waals surface area (Å²) in [6.07, 6.45) is 15.1. The van der Waals surface area contributed by atoms with E-state index in [1.165, 1.54) is 33.4 Å². The van der Waals surface area contributed by atoms with Crippen molar-refractivity contribution in [1.29, 1.82) is 0 Å². The third kappa shape index (κ3) is 9.24. The first-order valence-electron chi connectivity index (χ1n) is 22.6. The molecule has 2 saturated heterocycles. The maximum absolute atomic E-state index is 6.89. The van der Waals surface area contributed by atoms with Crippen LogP contribution >= 0.6 is 0 Å². The van der Waals surface area contributed by atoms with E-state index in [0.29, 0.717) is 0 Å². The molecule has 4 aromatic carbocycles. The number of ether oxygens (including phenoxy) is 2. The molecule has 0 amide bonds. The van der Waals surface area contributed by atoms with Crippen LogP contribution in [0.4, 0.5) is 0 Å². The number of aromatic nitrogens is 4. The summed E-state index contributed by atoms with van der Waals surface area (Å²) in [5.41, 5.74) is 12.6. The summed E-state index contributed by atoms with van der Waals surface area (Å²) in [4.78, 5) is 15.0. The topological polar surface area (TPSA) is 60.6 Å². The van der Waals surface area contributed by atoms with Crippen molar-refractivity contribution in [2.75, 3.05) is 40.3 Å². The lowest BCUT2D eigenvalue weighted by atomic mass is 9.92. The van der Waals surface area contributed by atoms with E-state index in [-0.39, 0.29) is 24.4 Å². The molecule has 4 aliphatic rings. The molecule has 2 aromatic heterocycles. The zero-order valence-corrected chi connectivity index (χ0v) is 36.4. The molecule has 10 rings (SSSR count). The molecule has 0 radical (unpaired) electrons. The second-order valence-corrected chi connectivity index (χ2v) is 17.6. The molecule has 6 heterocycles. The number of likely N-dealkylation sites (tertiary alicyclic amines) is 2. The predicted molar refractivity (Wildman–Crippen MR) is 246 cm³/mol. The number of benzene rings is 4. The fourth-order valence-corrected chi connectivity index (χ4v) is 9.78. The third-order valence-electron chi connectivity index (χ3n) is 13.4. The van der Waals surface area contributed by atoms with Gasteiger partial charge in [-0.3, -0.25) is 0 Å². The average molecular weight is 815 g/mol. The molecule has 0 aliphatic carbocycles. The monoisotopic (exact) mass is 814 g/mol. The number of imidazole rings is 2. The Morgan fingerprint density at radius 3 is 1.57 bits per heavy atom. The molecule has 0 bridgehead atoms. The molecular weight excluding hydrogens is 753 g/mol. The van der Waals surface area contributed by atoms with Crippen molar-refractivity contribution in [3.05, 3.63) is 167 Å². The minimum Gasteiger partial charge on any atom is -0.362 e. The summed E-state index contributed by atoms with van der Waals surface area (Å²) >= 11 is 0. The lowest BCUT2D eigenvalue weighted by Gasteiger charge is -2.32. The maximum Gasteiger partial charge on any atom is 0.143 e. The molecule has 8 nitrogen and oxygen atoms in total. The molecule has 61 heavy (non-hydrogen) atoms. The van der Waals surface area contributed by atoms with Crippen LogP contribution in [0.1, 0.15) is 89.3 Å². The fraction of sp³-hybridized carbons (Fsp3) is 0.396. The minimum absolute atomic E-state index is 0.0988.